The smallest absolute Gasteiger partial charge is 0.286 e. The summed E-state index contributed by atoms with van der Waals surface area (Å²) in [6.45, 7) is 0.349. The number of aromatic nitrogens is 1. The molecule has 1 rings (SSSR count). The van der Waals surface area contributed by atoms with Crippen molar-refractivity contribution in [2.24, 2.45) is 10.7 Å². The molecule has 5 N–H and O–H groups in total. The predicted octanol–water partition coefficient (Wildman–Crippen LogP) is -0.733. The molecule has 0 radical (unpaired) electrons. The van der Waals surface area contributed by atoms with Crippen LogP contribution in [0.1, 0.15) is 5.56 Å². The van der Waals surface area contributed by atoms with E-state index in [-0.39, 0.29) is 5.84 Å². The number of aliphatic imine (C=N–C) groups is 1. The fourth-order valence-corrected chi connectivity index (χ4v) is 0.979. The fraction of sp³-hybridized carbons (Fsp3) is 0.222. The molecule has 0 aliphatic carbocycles. The summed E-state index contributed by atoms with van der Waals surface area (Å²) < 4.78 is 0. The van der Waals surface area contributed by atoms with Crippen molar-refractivity contribution < 1.29 is 4.79 Å². The second-order valence-corrected chi connectivity index (χ2v) is 2.88. The summed E-state index contributed by atoms with van der Waals surface area (Å²) in [6, 6.07) is 3.44. The highest BCUT2D eigenvalue weighted by atomic mass is 16.2. The van der Waals surface area contributed by atoms with Gasteiger partial charge in [-0.1, -0.05) is 0 Å². The molecule has 6 heteroatoms. The Morgan fingerprint density at radius 2 is 2.40 bits per heavy atom. The number of nitrogens with zero attached hydrogens (tertiary/aromatic N) is 2. The monoisotopic (exact) mass is 207 g/mol. The van der Waals surface area contributed by atoms with Crippen LogP contribution in [0.15, 0.2) is 23.3 Å². The number of nitrogen functional groups attached to an aromatic ring is 1. The Morgan fingerprint density at radius 1 is 1.67 bits per heavy atom. The third-order valence-electron chi connectivity index (χ3n) is 1.77. The summed E-state index contributed by atoms with van der Waals surface area (Å²) in [5.74, 6) is -0.0243. The maximum atomic E-state index is 11.2. The lowest BCUT2D eigenvalue weighted by Gasteiger charge is -2.04. The van der Waals surface area contributed by atoms with Crippen LogP contribution in [0.4, 0.5) is 5.82 Å². The molecule has 1 aromatic heterocycles. The van der Waals surface area contributed by atoms with E-state index in [1.807, 2.05) is 0 Å². The van der Waals surface area contributed by atoms with Gasteiger partial charge in [0.1, 0.15) is 5.82 Å². The van der Waals surface area contributed by atoms with E-state index in [0.29, 0.717) is 12.4 Å². The van der Waals surface area contributed by atoms with Crippen molar-refractivity contribution in [2.75, 3.05) is 12.8 Å². The highest BCUT2D eigenvalue weighted by molar-refractivity contribution is 6.37. The number of pyridine rings is 1. The van der Waals surface area contributed by atoms with Gasteiger partial charge in [-0.15, -0.1) is 0 Å². The molecule has 0 spiro atoms. The van der Waals surface area contributed by atoms with E-state index in [2.05, 4.69) is 15.3 Å². The number of carbonyl (C=O) groups excluding carboxylic acids is 1. The molecule has 0 bridgehead atoms. The normalized spacial score (nSPS) is 11.1. The Hall–Kier alpha value is -2.11. The van der Waals surface area contributed by atoms with Crippen LogP contribution in [-0.4, -0.2) is 23.8 Å². The van der Waals surface area contributed by atoms with Crippen molar-refractivity contribution in [2.45, 2.75) is 6.54 Å². The van der Waals surface area contributed by atoms with E-state index in [4.69, 9.17) is 11.5 Å². The van der Waals surface area contributed by atoms with Crippen LogP contribution in [-0.2, 0) is 11.3 Å². The quantitative estimate of drug-likeness (QED) is 0.439. The van der Waals surface area contributed by atoms with Gasteiger partial charge < -0.3 is 16.8 Å². The molecular weight excluding hydrogens is 194 g/mol. The standard InChI is InChI=1S/C9H13N5O/c1-12-8(11)9(15)14-5-6-2-3-13-7(10)4-6/h2-4H,5H2,1H3,(H2,10,13)(H2,11,12)(H,14,15). The summed E-state index contributed by atoms with van der Waals surface area (Å²) in [6.07, 6.45) is 1.58. The number of amidine groups is 1. The van der Waals surface area contributed by atoms with Crippen LogP contribution in [0.25, 0.3) is 0 Å². The second kappa shape index (κ2) is 4.94. The zero-order chi connectivity index (χ0) is 11.3. The molecule has 0 atom stereocenters. The number of nitrogens with one attached hydrogen (secondary N) is 1. The van der Waals surface area contributed by atoms with Gasteiger partial charge in [0.05, 0.1) is 0 Å². The average Bonchev–Trinajstić information content (AvgIpc) is 2.25. The minimum Gasteiger partial charge on any atom is -0.384 e. The molecular formula is C9H13N5O. The van der Waals surface area contributed by atoms with Crippen molar-refractivity contribution in [3.63, 3.8) is 0 Å². The Balaban J connectivity index is 2.54. The first-order chi connectivity index (χ1) is 7.13. The second-order valence-electron chi connectivity index (χ2n) is 2.88. The number of anilines is 1. The molecule has 1 aromatic rings. The molecule has 0 saturated heterocycles. The van der Waals surface area contributed by atoms with Crippen molar-refractivity contribution >= 4 is 17.6 Å². The van der Waals surface area contributed by atoms with Gasteiger partial charge in [0, 0.05) is 19.8 Å². The van der Waals surface area contributed by atoms with Gasteiger partial charge in [0.15, 0.2) is 5.84 Å². The lowest BCUT2D eigenvalue weighted by molar-refractivity contribution is -0.115. The molecule has 15 heavy (non-hydrogen) atoms. The van der Waals surface area contributed by atoms with E-state index < -0.39 is 5.91 Å². The van der Waals surface area contributed by atoms with Crippen LogP contribution >= 0.6 is 0 Å². The number of carbonyl (C=O) groups is 1. The van der Waals surface area contributed by atoms with E-state index in [1.54, 1.807) is 18.3 Å². The molecule has 1 amide bonds. The predicted molar refractivity (Wildman–Crippen MR) is 58.0 cm³/mol. The third kappa shape index (κ3) is 3.26. The first-order valence-corrected chi connectivity index (χ1v) is 4.34. The minimum atomic E-state index is -0.395. The number of amides is 1. The Morgan fingerprint density at radius 3 is 3.00 bits per heavy atom. The molecule has 0 fully saturated rings. The topological polar surface area (TPSA) is 106 Å². The summed E-state index contributed by atoms with van der Waals surface area (Å²) in [5.41, 5.74) is 11.7. The van der Waals surface area contributed by atoms with Crippen LogP contribution in [0, 0.1) is 0 Å². The lowest BCUT2D eigenvalue weighted by Crippen LogP contribution is -2.35. The SMILES string of the molecule is CN=C(N)C(=O)NCc1ccnc(N)c1. The van der Waals surface area contributed by atoms with Gasteiger partial charge in [-0.05, 0) is 17.7 Å². The van der Waals surface area contributed by atoms with Gasteiger partial charge in [0.2, 0.25) is 0 Å². The lowest BCUT2D eigenvalue weighted by atomic mass is 10.2. The van der Waals surface area contributed by atoms with Crippen LogP contribution in [0.2, 0.25) is 0 Å². The molecule has 0 aliphatic heterocycles. The van der Waals surface area contributed by atoms with Crippen molar-refractivity contribution in [1.29, 1.82) is 0 Å². The molecule has 0 unspecified atom stereocenters. The fourth-order valence-electron chi connectivity index (χ4n) is 0.979. The summed E-state index contributed by atoms with van der Waals surface area (Å²) in [4.78, 5) is 18.6. The zero-order valence-corrected chi connectivity index (χ0v) is 8.40. The van der Waals surface area contributed by atoms with Gasteiger partial charge in [0.25, 0.3) is 5.91 Å². The Bertz CT molecular complexity index is 388. The molecule has 0 aromatic carbocycles. The van der Waals surface area contributed by atoms with E-state index in [1.165, 1.54) is 7.05 Å². The van der Waals surface area contributed by atoms with Gasteiger partial charge in [-0.2, -0.15) is 0 Å². The maximum absolute atomic E-state index is 11.2. The van der Waals surface area contributed by atoms with Crippen LogP contribution < -0.4 is 16.8 Å². The van der Waals surface area contributed by atoms with Crippen molar-refractivity contribution in [3.05, 3.63) is 23.9 Å². The number of hydrogen-bond donors (Lipinski definition) is 3. The largest absolute Gasteiger partial charge is 0.384 e. The molecule has 6 nitrogen and oxygen atoms in total. The highest BCUT2D eigenvalue weighted by Crippen LogP contribution is 2.01. The van der Waals surface area contributed by atoms with E-state index in [0.717, 1.165) is 5.56 Å². The molecule has 0 aliphatic rings. The first kappa shape index (κ1) is 11.0. The molecule has 80 valence electrons. The van der Waals surface area contributed by atoms with Crippen molar-refractivity contribution in [1.82, 2.24) is 10.3 Å². The van der Waals surface area contributed by atoms with Crippen LogP contribution in [0.3, 0.4) is 0 Å². The van der Waals surface area contributed by atoms with Gasteiger partial charge in [-0.25, -0.2) is 4.98 Å². The summed E-state index contributed by atoms with van der Waals surface area (Å²) >= 11 is 0. The molecule has 1 heterocycles. The minimum absolute atomic E-state index is 0.0444. The van der Waals surface area contributed by atoms with Gasteiger partial charge >= 0.3 is 0 Å². The Labute approximate surface area is 87.4 Å². The van der Waals surface area contributed by atoms with E-state index in [9.17, 15) is 4.79 Å². The van der Waals surface area contributed by atoms with Crippen molar-refractivity contribution in [3.8, 4) is 0 Å². The third-order valence-corrected chi connectivity index (χ3v) is 1.77. The number of nitrogens with two attached hydrogens (primary N) is 2. The van der Waals surface area contributed by atoms with Gasteiger partial charge in [-0.3, -0.25) is 9.79 Å². The zero-order valence-electron chi connectivity index (χ0n) is 8.40. The Kier molecular flexibility index (Phi) is 3.61. The highest BCUT2D eigenvalue weighted by Gasteiger charge is 2.04. The maximum Gasteiger partial charge on any atom is 0.286 e. The summed E-state index contributed by atoms with van der Waals surface area (Å²) in [5, 5.41) is 2.60. The number of rotatable bonds is 2. The first-order valence-electron chi connectivity index (χ1n) is 4.34. The van der Waals surface area contributed by atoms with E-state index >= 15 is 0 Å². The summed E-state index contributed by atoms with van der Waals surface area (Å²) in [7, 11) is 1.46. The molecule has 0 saturated carbocycles. The average molecular weight is 207 g/mol. The van der Waals surface area contributed by atoms with Crippen LogP contribution in [0.5, 0.6) is 0 Å². The number of hydrogen-bond acceptors (Lipinski definition) is 4.